The molecule has 0 radical (unpaired) electrons. The number of nitrogens with one attached hydrogen (secondary N) is 1. The zero-order chi connectivity index (χ0) is 20.5. The summed E-state index contributed by atoms with van der Waals surface area (Å²) in [5.41, 5.74) is 0.795. The topological polar surface area (TPSA) is 79.2 Å². The zero-order valence-electron chi connectivity index (χ0n) is 15.5. The third-order valence-corrected chi connectivity index (χ3v) is 5.00. The van der Waals surface area contributed by atoms with Crippen molar-refractivity contribution < 1.29 is 9.21 Å². The Hall–Kier alpha value is -2.83. The van der Waals surface area contributed by atoms with E-state index in [2.05, 4.69) is 9.97 Å². The highest BCUT2D eigenvalue weighted by Crippen LogP contribution is 2.24. The second-order valence-corrected chi connectivity index (χ2v) is 7.57. The van der Waals surface area contributed by atoms with Crippen LogP contribution in [0.4, 0.5) is 0 Å². The molecule has 0 spiro atoms. The molecule has 0 unspecified atom stereocenters. The van der Waals surface area contributed by atoms with E-state index in [4.69, 9.17) is 27.6 Å². The van der Waals surface area contributed by atoms with Crippen LogP contribution in [0.15, 0.2) is 51.7 Å². The molecule has 2 heterocycles. The van der Waals surface area contributed by atoms with Gasteiger partial charge >= 0.3 is 0 Å². The third-order valence-electron chi connectivity index (χ3n) is 4.53. The summed E-state index contributed by atoms with van der Waals surface area (Å²) in [7, 11) is 0. The molecular formula is C21H17Cl2N3O3. The molecule has 0 saturated carbocycles. The molecule has 8 heteroatoms. The second-order valence-electron chi connectivity index (χ2n) is 6.69. The summed E-state index contributed by atoms with van der Waals surface area (Å²) in [6.07, 6.45) is 0.738. The van der Waals surface area contributed by atoms with Gasteiger partial charge in [-0.3, -0.25) is 9.59 Å². The number of hydrogen-bond acceptors (Lipinski definition) is 4. The number of hydrogen-bond donors (Lipinski definition) is 1. The Bertz CT molecular complexity index is 1280. The maximum Gasteiger partial charge on any atom is 0.290 e. The van der Waals surface area contributed by atoms with Gasteiger partial charge in [-0.2, -0.15) is 0 Å². The van der Waals surface area contributed by atoms with E-state index >= 15 is 0 Å². The van der Waals surface area contributed by atoms with Crippen LogP contribution in [-0.4, -0.2) is 27.3 Å². The Balaban J connectivity index is 1.67. The summed E-state index contributed by atoms with van der Waals surface area (Å²) in [4.78, 5) is 34.2. The summed E-state index contributed by atoms with van der Waals surface area (Å²) in [5.74, 6) is 0.306. The molecule has 0 atom stereocenters. The smallest absolute Gasteiger partial charge is 0.290 e. The first kappa shape index (κ1) is 19.5. The van der Waals surface area contributed by atoms with Gasteiger partial charge in [0.2, 0.25) is 0 Å². The number of furan rings is 1. The maximum atomic E-state index is 13.1. The van der Waals surface area contributed by atoms with Crippen LogP contribution < -0.4 is 5.56 Å². The number of rotatable bonds is 5. The lowest BCUT2D eigenvalue weighted by Gasteiger charge is -2.20. The SMILES string of the molecule is CCCN(Cc1nc2cc(Cl)ccc2c(=O)[nH]1)C(=O)c1cc2cc(Cl)ccc2o1. The number of fused-ring (bicyclic) bond motifs is 2. The minimum atomic E-state index is -0.284. The molecule has 2 aromatic carbocycles. The number of aromatic amines is 1. The van der Waals surface area contributed by atoms with Crippen LogP contribution in [0.1, 0.15) is 29.7 Å². The first-order valence-corrected chi connectivity index (χ1v) is 9.87. The van der Waals surface area contributed by atoms with Gasteiger partial charge in [-0.1, -0.05) is 30.1 Å². The number of aromatic nitrogens is 2. The van der Waals surface area contributed by atoms with E-state index in [1.54, 1.807) is 47.4 Å². The number of H-pyrrole nitrogens is 1. The number of carbonyl (C=O) groups excluding carboxylic acids is 1. The molecule has 148 valence electrons. The quantitative estimate of drug-likeness (QED) is 0.482. The lowest BCUT2D eigenvalue weighted by atomic mass is 10.2. The van der Waals surface area contributed by atoms with Gasteiger partial charge in [-0.15, -0.1) is 0 Å². The fourth-order valence-electron chi connectivity index (χ4n) is 3.21. The van der Waals surface area contributed by atoms with Crippen LogP contribution >= 0.6 is 23.2 Å². The van der Waals surface area contributed by atoms with E-state index in [9.17, 15) is 9.59 Å². The summed E-state index contributed by atoms with van der Waals surface area (Å²) in [6.45, 7) is 2.59. The van der Waals surface area contributed by atoms with E-state index < -0.39 is 0 Å². The van der Waals surface area contributed by atoms with Gasteiger partial charge < -0.3 is 14.3 Å². The monoisotopic (exact) mass is 429 g/mol. The van der Waals surface area contributed by atoms with Gasteiger partial charge in [0, 0.05) is 22.0 Å². The lowest BCUT2D eigenvalue weighted by Crippen LogP contribution is -2.32. The zero-order valence-corrected chi connectivity index (χ0v) is 17.0. The predicted molar refractivity (Wildman–Crippen MR) is 114 cm³/mol. The van der Waals surface area contributed by atoms with Crippen molar-refractivity contribution in [2.75, 3.05) is 6.54 Å². The molecule has 0 aliphatic heterocycles. The normalized spacial score (nSPS) is 11.3. The van der Waals surface area contributed by atoms with Gasteiger partial charge in [0.1, 0.15) is 11.4 Å². The van der Waals surface area contributed by atoms with Crippen molar-refractivity contribution in [3.05, 3.63) is 74.4 Å². The highest BCUT2D eigenvalue weighted by atomic mass is 35.5. The molecule has 0 saturated heterocycles. The van der Waals surface area contributed by atoms with Crippen LogP contribution in [0.5, 0.6) is 0 Å². The van der Waals surface area contributed by atoms with Gasteiger partial charge in [-0.25, -0.2) is 4.98 Å². The summed E-state index contributed by atoms with van der Waals surface area (Å²) >= 11 is 12.0. The van der Waals surface area contributed by atoms with Gasteiger partial charge in [0.05, 0.1) is 17.4 Å². The van der Waals surface area contributed by atoms with Crippen molar-refractivity contribution in [1.82, 2.24) is 14.9 Å². The molecule has 0 aliphatic carbocycles. The van der Waals surface area contributed by atoms with E-state index in [1.807, 2.05) is 6.92 Å². The van der Waals surface area contributed by atoms with E-state index in [1.165, 1.54) is 0 Å². The van der Waals surface area contributed by atoms with Crippen LogP contribution in [0.25, 0.3) is 21.9 Å². The number of nitrogens with zero attached hydrogens (tertiary/aromatic N) is 2. The van der Waals surface area contributed by atoms with Crippen molar-refractivity contribution in [3.63, 3.8) is 0 Å². The summed E-state index contributed by atoms with van der Waals surface area (Å²) in [5, 5.41) is 2.26. The Morgan fingerprint density at radius 2 is 1.90 bits per heavy atom. The van der Waals surface area contributed by atoms with Gasteiger partial charge in [0.15, 0.2) is 5.76 Å². The molecule has 0 fully saturated rings. The van der Waals surface area contributed by atoms with Crippen molar-refractivity contribution in [1.29, 1.82) is 0 Å². The van der Waals surface area contributed by atoms with Crippen molar-refractivity contribution in [2.45, 2.75) is 19.9 Å². The third kappa shape index (κ3) is 3.99. The minimum Gasteiger partial charge on any atom is -0.451 e. The number of halogens is 2. The fourth-order valence-corrected chi connectivity index (χ4v) is 3.56. The van der Waals surface area contributed by atoms with Crippen LogP contribution in [0.3, 0.4) is 0 Å². The first-order valence-electron chi connectivity index (χ1n) is 9.11. The van der Waals surface area contributed by atoms with Crippen LogP contribution in [-0.2, 0) is 6.54 Å². The van der Waals surface area contributed by atoms with Crippen LogP contribution in [0.2, 0.25) is 10.0 Å². The molecule has 2 aromatic heterocycles. The van der Waals surface area contributed by atoms with Gasteiger partial charge in [-0.05, 0) is 48.9 Å². The summed E-state index contributed by atoms with van der Waals surface area (Å²) < 4.78 is 5.70. The van der Waals surface area contributed by atoms with E-state index in [-0.39, 0.29) is 23.8 Å². The minimum absolute atomic E-state index is 0.141. The largest absolute Gasteiger partial charge is 0.451 e. The molecular weight excluding hydrogens is 413 g/mol. The molecule has 0 bridgehead atoms. The van der Waals surface area contributed by atoms with Crippen molar-refractivity contribution in [3.8, 4) is 0 Å². The van der Waals surface area contributed by atoms with Gasteiger partial charge in [0.25, 0.3) is 11.5 Å². The van der Waals surface area contributed by atoms with Crippen molar-refractivity contribution >= 4 is 51.0 Å². The van der Waals surface area contributed by atoms with E-state index in [0.717, 1.165) is 11.8 Å². The number of carbonyl (C=O) groups is 1. The Morgan fingerprint density at radius 1 is 1.14 bits per heavy atom. The Kier molecular flexibility index (Phi) is 5.30. The summed E-state index contributed by atoms with van der Waals surface area (Å²) in [6, 6.07) is 11.7. The molecule has 6 nitrogen and oxygen atoms in total. The average Bonchev–Trinajstić information content (AvgIpc) is 3.10. The van der Waals surface area contributed by atoms with Crippen molar-refractivity contribution in [2.24, 2.45) is 0 Å². The molecule has 0 aliphatic rings. The molecule has 4 rings (SSSR count). The maximum absolute atomic E-state index is 13.1. The number of benzene rings is 2. The molecule has 4 aromatic rings. The lowest BCUT2D eigenvalue weighted by molar-refractivity contribution is 0.0709. The highest BCUT2D eigenvalue weighted by Gasteiger charge is 2.21. The van der Waals surface area contributed by atoms with E-state index in [0.29, 0.717) is 38.9 Å². The Labute approximate surface area is 176 Å². The first-order chi connectivity index (χ1) is 13.9. The highest BCUT2D eigenvalue weighted by molar-refractivity contribution is 6.31. The predicted octanol–water partition coefficient (Wildman–Crippen LogP) is 5.03. The fraction of sp³-hybridized carbons (Fsp3) is 0.190. The van der Waals surface area contributed by atoms with Crippen LogP contribution in [0, 0.1) is 0 Å². The molecule has 1 amide bonds. The Morgan fingerprint density at radius 3 is 2.69 bits per heavy atom. The average molecular weight is 430 g/mol. The second kappa shape index (κ2) is 7.89. The molecule has 1 N–H and O–H groups in total. The molecule has 29 heavy (non-hydrogen) atoms. The number of amides is 1. The standard InChI is InChI=1S/C21H17Cl2N3O3/c1-2-7-26(21(28)18-9-12-8-13(22)4-6-17(12)29-18)11-19-24-16-10-14(23)3-5-15(16)20(27)25-19/h3-6,8-10H,2,7,11H2,1H3,(H,24,25,27).